The number of carbonyl (C=O) groups is 2. The normalized spacial score (nSPS) is 11.5. The second-order valence-electron chi connectivity index (χ2n) is 3.66. The summed E-state index contributed by atoms with van der Waals surface area (Å²) in [6.45, 7) is 0. The van der Waals surface area contributed by atoms with E-state index in [9.17, 15) is 9.59 Å². The number of halogens is 1. The summed E-state index contributed by atoms with van der Waals surface area (Å²) < 4.78 is 10.9. The van der Waals surface area contributed by atoms with Crippen LogP contribution in [0.3, 0.4) is 0 Å². The molecular formula is C12H14BrNO5. The quantitative estimate of drug-likeness (QED) is 0.743. The third-order valence-electron chi connectivity index (χ3n) is 2.53. The summed E-state index contributed by atoms with van der Waals surface area (Å²) in [6.07, 6.45) is 0.240. The lowest BCUT2D eigenvalue weighted by atomic mass is 10.0. The SMILES string of the molecule is COc1cc(Br)c(C(CC(=O)O)NC=O)cc1OC. The Bertz CT molecular complexity index is 477. The predicted molar refractivity (Wildman–Crippen MR) is 71.4 cm³/mol. The molecule has 0 aromatic heterocycles. The van der Waals surface area contributed by atoms with Crippen molar-refractivity contribution in [3.8, 4) is 11.5 Å². The van der Waals surface area contributed by atoms with Gasteiger partial charge in [-0.15, -0.1) is 0 Å². The summed E-state index contributed by atoms with van der Waals surface area (Å²) in [6, 6.07) is 2.65. The minimum atomic E-state index is -1.01. The highest BCUT2D eigenvalue weighted by Gasteiger charge is 2.20. The number of hydrogen-bond donors (Lipinski definition) is 2. The number of hydrogen-bond acceptors (Lipinski definition) is 4. The number of aliphatic carboxylic acids is 1. The zero-order valence-corrected chi connectivity index (χ0v) is 12.1. The van der Waals surface area contributed by atoms with E-state index in [-0.39, 0.29) is 6.42 Å². The van der Waals surface area contributed by atoms with E-state index in [0.29, 0.717) is 27.9 Å². The van der Waals surface area contributed by atoms with Gasteiger partial charge < -0.3 is 19.9 Å². The number of benzene rings is 1. The largest absolute Gasteiger partial charge is 0.493 e. The van der Waals surface area contributed by atoms with Crippen molar-refractivity contribution in [1.29, 1.82) is 0 Å². The second-order valence-corrected chi connectivity index (χ2v) is 4.52. The van der Waals surface area contributed by atoms with Crippen molar-refractivity contribution in [3.05, 3.63) is 22.2 Å². The maximum Gasteiger partial charge on any atom is 0.305 e. The van der Waals surface area contributed by atoms with E-state index >= 15 is 0 Å². The van der Waals surface area contributed by atoms with Crippen molar-refractivity contribution in [1.82, 2.24) is 5.32 Å². The molecule has 0 saturated heterocycles. The van der Waals surface area contributed by atoms with E-state index < -0.39 is 12.0 Å². The summed E-state index contributed by atoms with van der Waals surface area (Å²) in [5.41, 5.74) is 0.604. The molecule has 2 N–H and O–H groups in total. The lowest BCUT2D eigenvalue weighted by molar-refractivity contribution is -0.137. The zero-order chi connectivity index (χ0) is 14.4. The van der Waals surface area contributed by atoms with Gasteiger partial charge in [-0.3, -0.25) is 9.59 Å². The highest BCUT2D eigenvalue weighted by Crippen LogP contribution is 2.36. The molecule has 0 spiro atoms. The zero-order valence-electron chi connectivity index (χ0n) is 10.5. The minimum absolute atomic E-state index is 0.229. The number of ether oxygens (including phenoxy) is 2. The number of methoxy groups -OCH3 is 2. The van der Waals surface area contributed by atoms with Gasteiger partial charge in [0.2, 0.25) is 6.41 Å². The van der Waals surface area contributed by atoms with Crippen LogP contribution in [0.5, 0.6) is 11.5 Å². The third kappa shape index (κ3) is 3.85. The predicted octanol–water partition coefficient (Wildman–Crippen LogP) is 1.73. The Morgan fingerprint density at radius 3 is 2.47 bits per heavy atom. The number of carboxylic acid groups (broad SMARTS) is 1. The topological polar surface area (TPSA) is 84.9 Å². The molecule has 1 rings (SSSR count). The fourth-order valence-electron chi connectivity index (χ4n) is 1.65. The second kappa shape index (κ2) is 6.98. The molecule has 7 heteroatoms. The van der Waals surface area contributed by atoms with Crippen LogP contribution in [0.15, 0.2) is 16.6 Å². The molecule has 0 fully saturated rings. The number of carbonyl (C=O) groups excluding carboxylic acids is 1. The summed E-state index contributed by atoms with van der Waals surface area (Å²) in [4.78, 5) is 21.4. The molecule has 6 nitrogen and oxygen atoms in total. The summed E-state index contributed by atoms with van der Waals surface area (Å²) in [5.74, 6) is -0.0388. The van der Waals surface area contributed by atoms with E-state index in [4.69, 9.17) is 14.6 Å². The van der Waals surface area contributed by atoms with Gasteiger partial charge in [-0.2, -0.15) is 0 Å². The van der Waals surface area contributed by atoms with Gasteiger partial charge in [0.1, 0.15) is 0 Å². The van der Waals surface area contributed by atoms with Gasteiger partial charge in [-0.1, -0.05) is 15.9 Å². The highest BCUT2D eigenvalue weighted by molar-refractivity contribution is 9.10. The summed E-state index contributed by atoms with van der Waals surface area (Å²) >= 11 is 3.33. The number of amides is 1. The maximum absolute atomic E-state index is 10.8. The molecule has 104 valence electrons. The van der Waals surface area contributed by atoms with E-state index in [1.54, 1.807) is 12.1 Å². The van der Waals surface area contributed by atoms with Crippen LogP contribution in [0, 0.1) is 0 Å². The van der Waals surface area contributed by atoms with Gasteiger partial charge in [-0.05, 0) is 17.7 Å². The van der Waals surface area contributed by atoms with Gasteiger partial charge in [0.15, 0.2) is 11.5 Å². The Morgan fingerprint density at radius 1 is 1.42 bits per heavy atom. The molecule has 1 aromatic carbocycles. The van der Waals surface area contributed by atoms with Crippen LogP contribution in [0.1, 0.15) is 18.0 Å². The average molecular weight is 332 g/mol. The van der Waals surface area contributed by atoms with Gasteiger partial charge in [0.25, 0.3) is 0 Å². The van der Waals surface area contributed by atoms with Crippen LogP contribution < -0.4 is 14.8 Å². The van der Waals surface area contributed by atoms with Crippen molar-refractivity contribution >= 4 is 28.3 Å². The third-order valence-corrected chi connectivity index (χ3v) is 3.21. The summed E-state index contributed by atoms with van der Waals surface area (Å²) in [5, 5.41) is 11.3. The van der Waals surface area contributed by atoms with E-state index in [0.717, 1.165) is 0 Å². The molecule has 0 saturated carbocycles. The first-order chi connectivity index (χ1) is 9.03. The van der Waals surface area contributed by atoms with Gasteiger partial charge in [0, 0.05) is 4.47 Å². The van der Waals surface area contributed by atoms with E-state index in [2.05, 4.69) is 21.2 Å². The molecule has 1 aromatic rings. The highest BCUT2D eigenvalue weighted by atomic mass is 79.9. The van der Waals surface area contributed by atoms with Gasteiger partial charge in [-0.25, -0.2) is 0 Å². The first kappa shape index (κ1) is 15.3. The Morgan fingerprint density at radius 2 is 2.00 bits per heavy atom. The Hall–Kier alpha value is -1.76. The Labute approximate surface area is 118 Å². The average Bonchev–Trinajstić information content (AvgIpc) is 2.37. The molecule has 19 heavy (non-hydrogen) atoms. The Kier molecular flexibility index (Phi) is 5.62. The molecule has 1 unspecified atom stereocenters. The molecule has 0 bridgehead atoms. The molecule has 0 aliphatic rings. The first-order valence-corrected chi connectivity index (χ1v) is 6.15. The van der Waals surface area contributed by atoms with Crippen LogP contribution in [0.25, 0.3) is 0 Å². The molecular weight excluding hydrogens is 318 g/mol. The van der Waals surface area contributed by atoms with Crippen LogP contribution in [-0.2, 0) is 9.59 Å². The number of carboxylic acids is 1. The monoisotopic (exact) mass is 331 g/mol. The fourth-order valence-corrected chi connectivity index (χ4v) is 2.25. The van der Waals surface area contributed by atoms with Crippen LogP contribution in [0.4, 0.5) is 0 Å². The maximum atomic E-state index is 10.8. The first-order valence-electron chi connectivity index (χ1n) is 5.36. The van der Waals surface area contributed by atoms with E-state index in [1.807, 2.05) is 0 Å². The number of nitrogens with one attached hydrogen (secondary N) is 1. The van der Waals surface area contributed by atoms with Crippen molar-refractivity contribution in [2.75, 3.05) is 14.2 Å². The summed E-state index contributed by atoms with van der Waals surface area (Å²) in [7, 11) is 2.98. The lowest BCUT2D eigenvalue weighted by Gasteiger charge is -2.18. The van der Waals surface area contributed by atoms with Gasteiger partial charge >= 0.3 is 5.97 Å². The minimum Gasteiger partial charge on any atom is -0.493 e. The molecule has 1 amide bonds. The van der Waals surface area contributed by atoms with Crippen molar-refractivity contribution in [3.63, 3.8) is 0 Å². The molecule has 1 atom stereocenters. The lowest BCUT2D eigenvalue weighted by Crippen LogP contribution is -2.22. The molecule has 0 radical (unpaired) electrons. The Balaban J connectivity index is 3.21. The van der Waals surface area contributed by atoms with Crippen LogP contribution in [0.2, 0.25) is 0 Å². The fraction of sp³-hybridized carbons (Fsp3) is 0.333. The smallest absolute Gasteiger partial charge is 0.305 e. The number of rotatable bonds is 7. The molecule has 0 heterocycles. The van der Waals surface area contributed by atoms with Crippen LogP contribution in [-0.4, -0.2) is 31.7 Å². The van der Waals surface area contributed by atoms with Crippen LogP contribution >= 0.6 is 15.9 Å². The molecule has 0 aliphatic carbocycles. The van der Waals surface area contributed by atoms with E-state index in [1.165, 1.54) is 14.2 Å². The van der Waals surface area contributed by atoms with Gasteiger partial charge in [0.05, 0.1) is 26.7 Å². The standard InChI is InChI=1S/C12H14BrNO5/c1-18-10-3-7(8(13)4-11(10)19-2)9(14-6-15)5-12(16)17/h3-4,6,9H,5H2,1-2H3,(H,14,15)(H,16,17). The van der Waals surface area contributed by atoms with Crippen molar-refractivity contribution < 1.29 is 24.2 Å². The van der Waals surface area contributed by atoms with Crippen molar-refractivity contribution in [2.24, 2.45) is 0 Å². The molecule has 0 aliphatic heterocycles. The van der Waals surface area contributed by atoms with Crippen molar-refractivity contribution in [2.45, 2.75) is 12.5 Å².